The van der Waals surface area contributed by atoms with Gasteiger partial charge < -0.3 is 15.2 Å². The van der Waals surface area contributed by atoms with Crippen LogP contribution in [0.2, 0.25) is 0 Å². The number of ether oxygens (including phenoxy) is 2. The fourth-order valence-corrected chi connectivity index (χ4v) is 2.33. The van der Waals surface area contributed by atoms with Gasteiger partial charge in [0.2, 0.25) is 5.25 Å². The van der Waals surface area contributed by atoms with E-state index in [4.69, 9.17) is 15.2 Å². The molecular formula is C13H19N3O4S. The molecule has 8 heteroatoms. The number of esters is 2. The Balaban J connectivity index is 3.03. The number of hydrogen-bond donors (Lipinski definition) is 1. The molecule has 0 aromatic carbocycles. The van der Waals surface area contributed by atoms with Crippen LogP contribution in [0.3, 0.4) is 0 Å². The predicted octanol–water partition coefficient (Wildman–Crippen LogP) is 1.26. The van der Waals surface area contributed by atoms with Crippen molar-refractivity contribution < 1.29 is 19.1 Å². The number of rotatable bonds is 6. The molecular weight excluding hydrogens is 294 g/mol. The second-order valence-corrected chi connectivity index (χ2v) is 5.18. The van der Waals surface area contributed by atoms with Crippen molar-refractivity contribution in [1.29, 1.82) is 0 Å². The monoisotopic (exact) mass is 313 g/mol. The minimum absolute atomic E-state index is 0.168. The summed E-state index contributed by atoms with van der Waals surface area (Å²) >= 11 is 0.887. The van der Waals surface area contributed by atoms with Gasteiger partial charge in [-0.25, -0.2) is 9.97 Å². The first-order valence-corrected chi connectivity index (χ1v) is 7.39. The molecule has 116 valence electrons. The first-order chi connectivity index (χ1) is 9.90. The van der Waals surface area contributed by atoms with Crippen LogP contribution in [-0.2, 0) is 19.1 Å². The van der Waals surface area contributed by atoms with Crippen LogP contribution in [0.25, 0.3) is 0 Å². The average molecular weight is 313 g/mol. The van der Waals surface area contributed by atoms with Crippen LogP contribution in [0.5, 0.6) is 0 Å². The van der Waals surface area contributed by atoms with Crippen molar-refractivity contribution in [3.8, 4) is 0 Å². The largest absolute Gasteiger partial charge is 0.465 e. The first-order valence-electron chi connectivity index (χ1n) is 6.51. The SMILES string of the molecule is CCOC(=O)C(Sc1nc(C)c(C)nc1N)C(=O)OCC. The minimum Gasteiger partial charge on any atom is -0.465 e. The highest BCUT2D eigenvalue weighted by Gasteiger charge is 2.32. The summed E-state index contributed by atoms with van der Waals surface area (Å²) < 4.78 is 9.78. The number of carbonyl (C=O) groups excluding carboxylic acids is 2. The highest BCUT2D eigenvalue weighted by molar-refractivity contribution is 8.01. The lowest BCUT2D eigenvalue weighted by atomic mass is 10.3. The number of nitrogen functional groups attached to an aromatic ring is 1. The molecule has 1 aromatic rings. The number of nitrogens with zero attached hydrogens (tertiary/aromatic N) is 2. The van der Waals surface area contributed by atoms with Gasteiger partial charge in [-0.3, -0.25) is 9.59 Å². The summed E-state index contributed by atoms with van der Waals surface area (Å²) in [5.41, 5.74) is 7.16. The van der Waals surface area contributed by atoms with Gasteiger partial charge >= 0.3 is 11.9 Å². The molecule has 0 unspecified atom stereocenters. The van der Waals surface area contributed by atoms with Crippen LogP contribution in [0, 0.1) is 13.8 Å². The van der Waals surface area contributed by atoms with Gasteiger partial charge in [0.25, 0.3) is 0 Å². The lowest BCUT2D eigenvalue weighted by molar-refractivity contribution is -0.152. The van der Waals surface area contributed by atoms with Gasteiger partial charge in [0.05, 0.1) is 24.6 Å². The van der Waals surface area contributed by atoms with E-state index in [9.17, 15) is 9.59 Å². The molecule has 0 aliphatic rings. The first kappa shape index (κ1) is 17.2. The summed E-state index contributed by atoms with van der Waals surface area (Å²) in [4.78, 5) is 32.2. The normalized spacial score (nSPS) is 10.5. The molecule has 0 spiro atoms. The number of anilines is 1. The molecule has 0 amide bonds. The number of carbonyl (C=O) groups is 2. The lowest BCUT2D eigenvalue weighted by Crippen LogP contribution is -2.31. The van der Waals surface area contributed by atoms with Crippen molar-refractivity contribution in [3.63, 3.8) is 0 Å². The standard InChI is InChI=1S/C13H19N3O4S/c1-5-19-12(17)9(13(18)20-6-2)21-11-10(14)15-7(3)8(4)16-11/h9H,5-6H2,1-4H3,(H2,14,15). The summed E-state index contributed by atoms with van der Waals surface area (Å²) in [5.74, 6) is -1.19. The van der Waals surface area contributed by atoms with E-state index in [1.54, 1.807) is 27.7 Å². The maximum absolute atomic E-state index is 11.9. The number of hydrogen-bond acceptors (Lipinski definition) is 8. The number of aryl methyl sites for hydroxylation is 2. The molecule has 0 bridgehead atoms. The molecule has 0 saturated heterocycles. The third-order valence-electron chi connectivity index (χ3n) is 2.53. The summed E-state index contributed by atoms with van der Waals surface area (Å²) in [6.07, 6.45) is 0. The van der Waals surface area contributed by atoms with Gasteiger partial charge in [-0.1, -0.05) is 11.8 Å². The molecule has 1 aromatic heterocycles. The van der Waals surface area contributed by atoms with Crippen LogP contribution < -0.4 is 5.73 Å². The van der Waals surface area contributed by atoms with E-state index < -0.39 is 17.2 Å². The molecule has 1 heterocycles. The van der Waals surface area contributed by atoms with E-state index >= 15 is 0 Å². The van der Waals surface area contributed by atoms with Crippen molar-refractivity contribution in [2.24, 2.45) is 0 Å². The molecule has 2 N–H and O–H groups in total. The zero-order chi connectivity index (χ0) is 16.0. The average Bonchev–Trinajstić information content (AvgIpc) is 2.41. The number of aromatic nitrogens is 2. The third-order valence-corrected chi connectivity index (χ3v) is 3.68. The summed E-state index contributed by atoms with van der Waals surface area (Å²) in [7, 11) is 0. The van der Waals surface area contributed by atoms with E-state index in [2.05, 4.69) is 9.97 Å². The van der Waals surface area contributed by atoms with Crippen molar-refractivity contribution in [2.45, 2.75) is 38.0 Å². The van der Waals surface area contributed by atoms with Crippen molar-refractivity contribution >= 4 is 29.5 Å². The maximum Gasteiger partial charge on any atom is 0.331 e. The molecule has 0 radical (unpaired) electrons. The van der Waals surface area contributed by atoms with Gasteiger partial charge in [0.1, 0.15) is 5.03 Å². The topological polar surface area (TPSA) is 104 Å². The third kappa shape index (κ3) is 4.59. The summed E-state index contributed by atoms with van der Waals surface area (Å²) in [5, 5.41) is -0.854. The molecule has 1 rings (SSSR count). The quantitative estimate of drug-likeness (QED) is 0.475. The molecule has 0 aliphatic heterocycles. The van der Waals surface area contributed by atoms with E-state index in [0.717, 1.165) is 11.8 Å². The van der Waals surface area contributed by atoms with E-state index in [1.807, 2.05) is 0 Å². The molecule has 7 nitrogen and oxygen atoms in total. The highest BCUT2D eigenvalue weighted by Crippen LogP contribution is 2.28. The highest BCUT2D eigenvalue weighted by atomic mass is 32.2. The fourth-order valence-electron chi connectivity index (χ4n) is 1.43. The van der Waals surface area contributed by atoms with Crippen molar-refractivity contribution in [1.82, 2.24) is 9.97 Å². The summed E-state index contributed by atoms with van der Waals surface area (Å²) in [6.45, 7) is 7.22. The predicted molar refractivity (Wildman–Crippen MR) is 78.8 cm³/mol. The van der Waals surface area contributed by atoms with Crippen LogP contribution in [0.1, 0.15) is 25.2 Å². The Morgan fingerprint density at radius 2 is 1.57 bits per heavy atom. The lowest BCUT2D eigenvalue weighted by Gasteiger charge is -2.14. The Labute approximate surface area is 127 Å². The van der Waals surface area contributed by atoms with E-state index in [0.29, 0.717) is 16.4 Å². The molecule has 0 aliphatic carbocycles. The Morgan fingerprint density at radius 1 is 1.10 bits per heavy atom. The molecule has 21 heavy (non-hydrogen) atoms. The zero-order valence-corrected chi connectivity index (χ0v) is 13.3. The summed E-state index contributed by atoms with van der Waals surface area (Å²) in [6, 6.07) is 0. The maximum atomic E-state index is 11.9. The van der Waals surface area contributed by atoms with Crippen LogP contribution >= 0.6 is 11.8 Å². The Bertz CT molecular complexity index is 518. The van der Waals surface area contributed by atoms with Crippen molar-refractivity contribution in [3.05, 3.63) is 11.4 Å². The Hall–Kier alpha value is -1.83. The second-order valence-electron chi connectivity index (χ2n) is 4.09. The zero-order valence-electron chi connectivity index (χ0n) is 12.5. The van der Waals surface area contributed by atoms with Gasteiger partial charge in [-0.05, 0) is 27.7 Å². The second kappa shape index (κ2) is 7.82. The van der Waals surface area contributed by atoms with E-state index in [-0.39, 0.29) is 19.0 Å². The van der Waals surface area contributed by atoms with Crippen LogP contribution in [0.15, 0.2) is 5.03 Å². The van der Waals surface area contributed by atoms with Crippen LogP contribution in [0.4, 0.5) is 5.82 Å². The minimum atomic E-state index is -1.16. The number of thioether (sulfide) groups is 1. The van der Waals surface area contributed by atoms with Gasteiger partial charge in [0, 0.05) is 0 Å². The van der Waals surface area contributed by atoms with Gasteiger partial charge in [-0.15, -0.1) is 0 Å². The molecule has 0 atom stereocenters. The van der Waals surface area contributed by atoms with Gasteiger partial charge in [-0.2, -0.15) is 0 Å². The van der Waals surface area contributed by atoms with Crippen LogP contribution in [-0.4, -0.2) is 40.4 Å². The molecule has 0 fully saturated rings. The Morgan fingerprint density at radius 3 is 2.05 bits per heavy atom. The van der Waals surface area contributed by atoms with Gasteiger partial charge in [0.15, 0.2) is 5.82 Å². The smallest absolute Gasteiger partial charge is 0.331 e. The molecule has 0 saturated carbocycles. The van der Waals surface area contributed by atoms with E-state index in [1.165, 1.54) is 0 Å². The fraction of sp³-hybridized carbons (Fsp3) is 0.538. The van der Waals surface area contributed by atoms with Crippen molar-refractivity contribution in [2.75, 3.05) is 18.9 Å². The Kier molecular flexibility index (Phi) is 6.41. The number of nitrogens with two attached hydrogens (primary N) is 1.